The van der Waals surface area contributed by atoms with Crippen LogP contribution in [-0.4, -0.2) is 33.9 Å². The summed E-state index contributed by atoms with van der Waals surface area (Å²) in [6.45, 7) is 1.89. The Morgan fingerprint density at radius 1 is 0.909 bits per heavy atom. The monoisotopic (exact) mass is 441 g/mol. The number of aromatic amines is 1. The summed E-state index contributed by atoms with van der Waals surface area (Å²) >= 11 is 0. The lowest BCUT2D eigenvalue weighted by atomic mass is 10.0. The number of aromatic nitrogens is 1. The molecule has 4 N–H and O–H groups in total. The van der Waals surface area contributed by atoms with Crippen molar-refractivity contribution in [3.05, 3.63) is 101 Å². The van der Waals surface area contributed by atoms with E-state index in [-0.39, 0.29) is 12.0 Å². The number of fused-ring (bicyclic) bond motifs is 1. The second kappa shape index (κ2) is 9.40. The van der Waals surface area contributed by atoms with E-state index in [2.05, 4.69) is 15.6 Å². The van der Waals surface area contributed by atoms with Crippen molar-refractivity contribution in [1.82, 2.24) is 10.3 Å². The van der Waals surface area contributed by atoms with Crippen molar-refractivity contribution in [1.29, 1.82) is 0 Å². The third-order valence-corrected chi connectivity index (χ3v) is 5.48. The maximum Gasteiger partial charge on any atom is 0.326 e. The molecule has 1 atom stereocenters. The van der Waals surface area contributed by atoms with Gasteiger partial charge in [-0.3, -0.25) is 9.59 Å². The summed E-state index contributed by atoms with van der Waals surface area (Å²) in [5.74, 6) is -2.11. The Kier molecular flexibility index (Phi) is 6.22. The molecule has 166 valence electrons. The van der Waals surface area contributed by atoms with Crippen molar-refractivity contribution in [3.8, 4) is 0 Å². The molecule has 3 aromatic carbocycles. The first-order chi connectivity index (χ1) is 15.9. The highest BCUT2D eigenvalue weighted by Gasteiger charge is 2.23. The quantitative estimate of drug-likeness (QED) is 0.345. The number of rotatable bonds is 7. The van der Waals surface area contributed by atoms with Crippen molar-refractivity contribution >= 4 is 34.4 Å². The molecule has 0 radical (unpaired) electrons. The minimum absolute atomic E-state index is 0.150. The van der Waals surface area contributed by atoms with Gasteiger partial charge in [0, 0.05) is 17.3 Å². The Labute approximate surface area is 190 Å². The largest absolute Gasteiger partial charge is 0.480 e. The molecule has 1 heterocycles. The number of carbonyl (C=O) groups excluding carboxylic acids is 2. The summed E-state index contributed by atoms with van der Waals surface area (Å²) in [5, 5.41) is 15.9. The van der Waals surface area contributed by atoms with Gasteiger partial charge in [0.1, 0.15) is 11.7 Å². The third-order valence-electron chi connectivity index (χ3n) is 5.48. The minimum atomic E-state index is -1.13. The topological polar surface area (TPSA) is 111 Å². The zero-order valence-corrected chi connectivity index (χ0v) is 18.0. The Hall–Kier alpha value is -4.39. The van der Waals surface area contributed by atoms with Crippen molar-refractivity contribution in [2.45, 2.75) is 19.4 Å². The molecule has 33 heavy (non-hydrogen) atoms. The van der Waals surface area contributed by atoms with E-state index in [4.69, 9.17) is 0 Å². The number of carbonyl (C=O) groups is 3. The van der Waals surface area contributed by atoms with Gasteiger partial charge in [0.15, 0.2) is 0 Å². The van der Waals surface area contributed by atoms with Gasteiger partial charge in [-0.2, -0.15) is 0 Å². The van der Waals surface area contributed by atoms with Crippen LogP contribution < -0.4 is 10.6 Å². The van der Waals surface area contributed by atoms with E-state index >= 15 is 0 Å². The van der Waals surface area contributed by atoms with Gasteiger partial charge >= 0.3 is 5.97 Å². The number of carboxylic acid groups (broad SMARTS) is 1. The van der Waals surface area contributed by atoms with Crippen LogP contribution in [0.5, 0.6) is 0 Å². The molecular weight excluding hydrogens is 418 g/mol. The number of H-pyrrole nitrogens is 1. The van der Waals surface area contributed by atoms with Crippen LogP contribution in [0.4, 0.5) is 5.69 Å². The fraction of sp³-hybridized carbons (Fsp3) is 0.115. The first-order valence-electron chi connectivity index (χ1n) is 10.5. The van der Waals surface area contributed by atoms with Gasteiger partial charge in [-0.05, 0) is 42.3 Å². The predicted molar refractivity (Wildman–Crippen MR) is 126 cm³/mol. The van der Waals surface area contributed by atoms with Crippen LogP contribution in [0.2, 0.25) is 0 Å². The highest BCUT2D eigenvalue weighted by molar-refractivity contribution is 6.10. The molecule has 4 aromatic rings. The molecule has 0 aliphatic heterocycles. The summed E-state index contributed by atoms with van der Waals surface area (Å²) in [6, 6.07) is 22.1. The lowest BCUT2D eigenvalue weighted by molar-refractivity contribution is -0.139. The normalized spacial score (nSPS) is 11.7. The molecule has 0 saturated heterocycles. The Bertz CT molecular complexity index is 1310. The fourth-order valence-corrected chi connectivity index (χ4v) is 3.67. The smallest absolute Gasteiger partial charge is 0.326 e. The van der Waals surface area contributed by atoms with E-state index in [0.717, 1.165) is 22.0 Å². The lowest BCUT2D eigenvalue weighted by Crippen LogP contribution is -2.42. The summed E-state index contributed by atoms with van der Waals surface area (Å²) in [7, 11) is 0. The summed E-state index contributed by atoms with van der Waals surface area (Å²) in [6.07, 6.45) is 0.150. The molecule has 0 aliphatic rings. The summed E-state index contributed by atoms with van der Waals surface area (Å²) in [5.41, 5.74) is 3.44. The van der Waals surface area contributed by atoms with Crippen LogP contribution in [0, 0.1) is 6.92 Å². The number of hydrogen-bond donors (Lipinski definition) is 4. The second-order valence-electron chi connectivity index (χ2n) is 7.76. The average molecular weight is 441 g/mol. The van der Waals surface area contributed by atoms with E-state index in [1.807, 2.05) is 55.5 Å². The van der Waals surface area contributed by atoms with Gasteiger partial charge in [0.2, 0.25) is 0 Å². The molecule has 2 amide bonds. The Balaban J connectivity index is 1.53. The first kappa shape index (κ1) is 21.8. The molecule has 7 heteroatoms. The molecule has 0 fully saturated rings. The number of hydrogen-bond acceptors (Lipinski definition) is 3. The van der Waals surface area contributed by atoms with Gasteiger partial charge in [-0.15, -0.1) is 0 Å². The van der Waals surface area contributed by atoms with Crippen LogP contribution in [0.3, 0.4) is 0 Å². The molecule has 1 unspecified atom stereocenters. The highest BCUT2D eigenvalue weighted by atomic mass is 16.4. The van der Waals surface area contributed by atoms with E-state index in [9.17, 15) is 19.5 Å². The van der Waals surface area contributed by atoms with Crippen LogP contribution in [0.25, 0.3) is 10.9 Å². The molecule has 0 spiro atoms. The van der Waals surface area contributed by atoms with Gasteiger partial charge in [0.05, 0.1) is 11.3 Å². The number of benzene rings is 3. The average Bonchev–Trinajstić information content (AvgIpc) is 3.25. The fourth-order valence-electron chi connectivity index (χ4n) is 3.67. The number of aliphatic carboxylic acids is 1. The number of aryl methyl sites for hydroxylation is 1. The van der Waals surface area contributed by atoms with Crippen LogP contribution >= 0.6 is 0 Å². The van der Waals surface area contributed by atoms with Crippen LogP contribution in [0.1, 0.15) is 32.0 Å². The van der Waals surface area contributed by atoms with Crippen LogP contribution in [-0.2, 0) is 11.2 Å². The Morgan fingerprint density at radius 3 is 2.36 bits per heavy atom. The van der Waals surface area contributed by atoms with Crippen molar-refractivity contribution in [2.24, 2.45) is 0 Å². The number of para-hydroxylation sites is 2. The summed E-state index contributed by atoms with van der Waals surface area (Å²) in [4.78, 5) is 40.7. The van der Waals surface area contributed by atoms with Crippen molar-refractivity contribution in [3.63, 3.8) is 0 Å². The standard InChI is InChI=1S/C26H23N3O4/c1-16-8-2-3-9-17(16)14-23(26(32)33)29-24(30)19-11-5-7-13-21(19)28-25(31)22-15-18-10-4-6-12-20(18)27-22/h2-13,15,23,27H,14H2,1H3,(H,28,31)(H,29,30)(H,32,33). The third kappa shape index (κ3) is 4.93. The zero-order chi connectivity index (χ0) is 23.4. The molecular formula is C26H23N3O4. The summed E-state index contributed by atoms with van der Waals surface area (Å²) < 4.78 is 0. The van der Waals surface area contributed by atoms with Gasteiger partial charge in [-0.1, -0.05) is 54.6 Å². The Morgan fingerprint density at radius 2 is 1.61 bits per heavy atom. The molecule has 7 nitrogen and oxygen atoms in total. The number of carboxylic acids is 1. The maximum atomic E-state index is 13.0. The van der Waals surface area contributed by atoms with Crippen molar-refractivity contribution in [2.75, 3.05) is 5.32 Å². The van der Waals surface area contributed by atoms with Gasteiger partial charge in [0.25, 0.3) is 11.8 Å². The van der Waals surface area contributed by atoms with E-state index in [1.165, 1.54) is 0 Å². The van der Waals surface area contributed by atoms with Crippen molar-refractivity contribution < 1.29 is 19.5 Å². The van der Waals surface area contributed by atoms with E-state index < -0.39 is 23.8 Å². The van der Waals surface area contributed by atoms with Gasteiger partial charge < -0.3 is 20.7 Å². The lowest BCUT2D eigenvalue weighted by Gasteiger charge is -2.17. The number of amides is 2. The maximum absolute atomic E-state index is 13.0. The SMILES string of the molecule is Cc1ccccc1CC(NC(=O)c1ccccc1NC(=O)c1cc2ccccc2[nH]1)C(=O)O. The first-order valence-corrected chi connectivity index (χ1v) is 10.5. The van der Waals surface area contributed by atoms with E-state index in [0.29, 0.717) is 11.4 Å². The molecule has 0 aliphatic carbocycles. The number of anilines is 1. The van der Waals surface area contributed by atoms with E-state index in [1.54, 1.807) is 30.3 Å². The molecule has 1 aromatic heterocycles. The molecule has 0 saturated carbocycles. The molecule has 4 rings (SSSR count). The second-order valence-corrected chi connectivity index (χ2v) is 7.76. The highest BCUT2D eigenvalue weighted by Crippen LogP contribution is 2.19. The van der Waals surface area contributed by atoms with Crippen LogP contribution in [0.15, 0.2) is 78.9 Å². The zero-order valence-electron chi connectivity index (χ0n) is 18.0. The predicted octanol–water partition coefficient (Wildman–Crippen LogP) is 4.15. The number of nitrogens with one attached hydrogen (secondary N) is 3. The molecule has 0 bridgehead atoms. The minimum Gasteiger partial charge on any atom is -0.480 e. The van der Waals surface area contributed by atoms with Gasteiger partial charge in [-0.25, -0.2) is 4.79 Å².